The van der Waals surface area contributed by atoms with Crippen LogP contribution in [-0.4, -0.2) is 93.0 Å². The summed E-state index contributed by atoms with van der Waals surface area (Å²) in [5.74, 6) is -3.37. The van der Waals surface area contributed by atoms with Crippen molar-refractivity contribution in [3.05, 3.63) is 61.2 Å². The number of rotatable bonds is 16. The van der Waals surface area contributed by atoms with Crippen LogP contribution < -0.4 is 5.32 Å². The third-order valence-electron chi connectivity index (χ3n) is 9.61. The van der Waals surface area contributed by atoms with Crippen molar-refractivity contribution in [3.8, 4) is 0 Å². The molecule has 1 aromatic carbocycles. The largest absolute Gasteiger partial charge is 0.455 e. The van der Waals surface area contributed by atoms with E-state index in [0.717, 1.165) is 0 Å². The van der Waals surface area contributed by atoms with Crippen LogP contribution >= 0.6 is 15.9 Å². The highest BCUT2D eigenvalue weighted by atomic mass is 79.9. The summed E-state index contributed by atoms with van der Waals surface area (Å²) in [5.41, 5.74) is -1.26. The molecule has 3 saturated heterocycles. The Bertz CT molecular complexity index is 1360. The number of aliphatic hydroxyl groups excluding tert-OH is 1. The van der Waals surface area contributed by atoms with Gasteiger partial charge in [0, 0.05) is 36.5 Å². The number of nitrogens with one attached hydrogen (secondary N) is 1. The summed E-state index contributed by atoms with van der Waals surface area (Å²) >= 11 is 3.73. The molecule has 3 fully saturated rings. The SMILES string of the molecule is C=CCCC(=O)NC[C@@H](OC(=O)[C@@H]1[C@H]2O[C@@]3(CC2Br)[C@H](C(=O)N(CC=C)C(C)(C)CC(C)(C)C)N(CCCO)C(=O)[C@@H]13)c1ccccc1. The number of carbonyl (C=O) groups is 4. The fraction of sp³-hybridized carbons (Fsp3) is 0.622. The minimum atomic E-state index is -1.27. The fourth-order valence-corrected chi connectivity index (χ4v) is 9.05. The highest BCUT2D eigenvalue weighted by Crippen LogP contribution is 2.60. The van der Waals surface area contributed by atoms with E-state index in [1.807, 2.05) is 44.2 Å². The average molecular weight is 731 g/mol. The van der Waals surface area contributed by atoms with Gasteiger partial charge >= 0.3 is 5.97 Å². The minimum Gasteiger partial charge on any atom is -0.455 e. The van der Waals surface area contributed by atoms with Gasteiger partial charge in [0.05, 0.1) is 24.5 Å². The number of alkyl halides is 1. The quantitative estimate of drug-likeness (QED) is 0.143. The van der Waals surface area contributed by atoms with E-state index in [2.05, 4.69) is 55.2 Å². The van der Waals surface area contributed by atoms with Crippen LogP contribution in [0.3, 0.4) is 0 Å². The van der Waals surface area contributed by atoms with Crippen LogP contribution in [0.1, 0.15) is 78.4 Å². The molecule has 7 atom stereocenters. The molecular weight excluding hydrogens is 678 g/mol. The zero-order valence-corrected chi connectivity index (χ0v) is 30.5. The van der Waals surface area contributed by atoms with E-state index in [9.17, 15) is 24.3 Å². The second-order valence-electron chi connectivity index (χ2n) is 15.0. The molecule has 10 nitrogen and oxygen atoms in total. The molecule has 1 unspecified atom stereocenters. The van der Waals surface area contributed by atoms with Gasteiger partial charge in [-0.2, -0.15) is 0 Å². The maximum Gasteiger partial charge on any atom is 0.313 e. The van der Waals surface area contributed by atoms with Crippen molar-refractivity contribution in [1.82, 2.24) is 15.1 Å². The lowest BCUT2D eigenvalue weighted by molar-refractivity contribution is -0.160. The van der Waals surface area contributed by atoms with Gasteiger partial charge in [0.1, 0.15) is 17.7 Å². The zero-order valence-electron chi connectivity index (χ0n) is 29.0. The van der Waals surface area contributed by atoms with Crippen molar-refractivity contribution >= 4 is 39.6 Å². The van der Waals surface area contributed by atoms with Crippen molar-refractivity contribution in [2.24, 2.45) is 17.3 Å². The van der Waals surface area contributed by atoms with Gasteiger partial charge in [0.15, 0.2) is 0 Å². The number of aliphatic hydroxyl groups is 1. The first-order valence-electron chi connectivity index (χ1n) is 16.9. The number of hydrogen-bond acceptors (Lipinski definition) is 7. The van der Waals surface area contributed by atoms with Gasteiger partial charge in [0.25, 0.3) is 0 Å². The molecule has 1 spiro atoms. The summed E-state index contributed by atoms with van der Waals surface area (Å²) in [6.07, 6.45) is 3.94. The highest BCUT2D eigenvalue weighted by molar-refractivity contribution is 9.09. The predicted octanol–water partition coefficient (Wildman–Crippen LogP) is 4.71. The molecule has 2 N–H and O–H groups in total. The van der Waals surface area contributed by atoms with Crippen LogP contribution in [0.4, 0.5) is 0 Å². The van der Waals surface area contributed by atoms with Crippen LogP contribution in [0.2, 0.25) is 0 Å². The Balaban J connectivity index is 1.69. The number of fused-ring (bicyclic) bond motifs is 1. The lowest BCUT2D eigenvalue weighted by Crippen LogP contribution is -2.61. The molecule has 3 heterocycles. The van der Waals surface area contributed by atoms with Gasteiger partial charge in [-0.05, 0) is 50.5 Å². The van der Waals surface area contributed by atoms with Gasteiger partial charge in [-0.3, -0.25) is 19.2 Å². The average Bonchev–Trinajstić information content (AvgIpc) is 3.61. The van der Waals surface area contributed by atoms with Gasteiger partial charge in [-0.25, -0.2) is 0 Å². The molecule has 4 rings (SSSR count). The molecule has 264 valence electrons. The molecule has 1 aromatic rings. The van der Waals surface area contributed by atoms with Crippen molar-refractivity contribution < 1.29 is 33.8 Å². The number of nitrogens with zero attached hydrogens (tertiary/aromatic N) is 2. The summed E-state index contributed by atoms with van der Waals surface area (Å²) in [6, 6.07) is 8.13. The number of ether oxygens (including phenoxy) is 2. The summed E-state index contributed by atoms with van der Waals surface area (Å²) in [4.78, 5) is 59.0. The Labute approximate surface area is 293 Å². The second-order valence-corrected chi connectivity index (χ2v) is 16.2. The van der Waals surface area contributed by atoms with Gasteiger partial charge in [-0.15, -0.1) is 13.2 Å². The van der Waals surface area contributed by atoms with E-state index in [1.54, 1.807) is 17.1 Å². The van der Waals surface area contributed by atoms with Crippen LogP contribution in [0.5, 0.6) is 0 Å². The molecule has 11 heteroatoms. The van der Waals surface area contributed by atoms with E-state index >= 15 is 0 Å². The first-order chi connectivity index (χ1) is 22.6. The maximum atomic E-state index is 14.8. The number of amides is 3. The monoisotopic (exact) mass is 729 g/mol. The van der Waals surface area contributed by atoms with Crippen molar-refractivity contribution in [2.75, 3.05) is 26.2 Å². The maximum absolute atomic E-state index is 14.8. The number of allylic oxidation sites excluding steroid dienone is 1. The van der Waals surface area contributed by atoms with Crippen LogP contribution in [-0.2, 0) is 28.7 Å². The van der Waals surface area contributed by atoms with E-state index in [4.69, 9.17) is 9.47 Å². The molecule has 3 aliphatic rings. The smallest absolute Gasteiger partial charge is 0.313 e. The number of halogens is 1. The first kappa shape index (κ1) is 37.8. The molecule has 3 aliphatic heterocycles. The standard InChI is InChI=1S/C37H52BrN3O7/c1-8-10-17-27(43)39-22-26(24-15-12-11-13-16-24)47-34(46)28-29-32(44)40(19-14-20-42)31(37(29)21-25(38)30(28)48-37)33(45)41(18-9-2)36(6,7)23-35(3,4)5/h8-9,11-13,15-16,25-26,28-31,42H,1-2,10,14,17-23H2,3-7H3,(H,39,43)/t25?,26-,28+,29-,30+,31+,37-/m1/s1. The molecule has 0 saturated carbocycles. The molecule has 3 amide bonds. The van der Waals surface area contributed by atoms with E-state index in [1.165, 1.54) is 4.90 Å². The Morgan fingerprint density at radius 3 is 2.48 bits per heavy atom. The van der Waals surface area contributed by atoms with Crippen LogP contribution in [0.25, 0.3) is 0 Å². The van der Waals surface area contributed by atoms with Crippen molar-refractivity contribution in [1.29, 1.82) is 0 Å². The van der Waals surface area contributed by atoms with Gasteiger partial charge in [0.2, 0.25) is 17.7 Å². The summed E-state index contributed by atoms with van der Waals surface area (Å²) in [5, 5.41) is 12.6. The minimum absolute atomic E-state index is 0.0502. The lowest BCUT2D eigenvalue weighted by Gasteiger charge is -2.45. The van der Waals surface area contributed by atoms with Gasteiger partial charge < -0.3 is 29.7 Å². The second kappa shape index (κ2) is 15.3. The number of hydrogen-bond donors (Lipinski definition) is 2. The molecule has 48 heavy (non-hydrogen) atoms. The molecular formula is C37H52BrN3O7. The van der Waals surface area contributed by atoms with Crippen LogP contribution in [0.15, 0.2) is 55.6 Å². The van der Waals surface area contributed by atoms with E-state index < -0.39 is 47.2 Å². The number of benzene rings is 1. The molecule has 2 bridgehead atoms. The first-order valence-corrected chi connectivity index (χ1v) is 17.8. The topological polar surface area (TPSA) is 125 Å². The third-order valence-corrected chi connectivity index (χ3v) is 10.5. The Morgan fingerprint density at radius 2 is 1.88 bits per heavy atom. The lowest BCUT2D eigenvalue weighted by atomic mass is 9.70. The summed E-state index contributed by atoms with van der Waals surface area (Å²) < 4.78 is 12.8. The van der Waals surface area contributed by atoms with E-state index in [-0.39, 0.29) is 67.0 Å². The molecule has 0 aromatic heterocycles. The number of esters is 1. The number of carbonyl (C=O) groups excluding carboxylic acids is 4. The molecule has 0 aliphatic carbocycles. The summed E-state index contributed by atoms with van der Waals surface area (Å²) in [6.45, 7) is 18.3. The summed E-state index contributed by atoms with van der Waals surface area (Å²) in [7, 11) is 0. The zero-order chi connectivity index (χ0) is 35.4. The Kier molecular flexibility index (Phi) is 12.0. The third kappa shape index (κ3) is 7.73. The highest BCUT2D eigenvalue weighted by Gasteiger charge is 2.77. The molecule has 0 radical (unpaired) electrons. The number of likely N-dealkylation sites (tertiary alicyclic amines) is 1. The Hall–Kier alpha value is -3.02. The van der Waals surface area contributed by atoms with Crippen LogP contribution in [0, 0.1) is 17.3 Å². The predicted molar refractivity (Wildman–Crippen MR) is 187 cm³/mol. The fourth-order valence-electron chi connectivity index (χ4n) is 8.11. The Morgan fingerprint density at radius 1 is 1.19 bits per heavy atom. The van der Waals surface area contributed by atoms with E-state index in [0.29, 0.717) is 24.8 Å². The van der Waals surface area contributed by atoms with Crippen molar-refractivity contribution in [2.45, 2.75) is 101 Å². The van der Waals surface area contributed by atoms with Crippen molar-refractivity contribution in [3.63, 3.8) is 0 Å². The normalized spacial score (nSPS) is 26.9. The van der Waals surface area contributed by atoms with Gasteiger partial charge in [-0.1, -0.05) is 79.2 Å².